The van der Waals surface area contributed by atoms with Crippen LogP contribution in [-0.2, 0) is 4.79 Å². The maximum atomic E-state index is 11.4. The molecule has 1 saturated heterocycles. The van der Waals surface area contributed by atoms with E-state index in [0.29, 0.717) is 12.5 Å². The van der Waals surface area contributed by atoms with E-state index in [1.165, 1.54) is 0 Å². The highest BCUT2D eigenvalue weighted by Gasteiger charge is 2.20. The molecule has 134 valence electrons. The highest BCUT2D eigenvalue weighted by atomic mass is 16.5. The van der Waals surface area contributed by atoms with Crippen molar-refractivity contribution in [2.45, 2.75) is 33.1 Å². The maximum Gasteiger partial charge on any atom is 0.219 e. The first-order valence-corrected chi connectivity index (χ1v) is 9.19. The highest BCUT2D eigenvalue weighted by molar-refractivity contribution is 5.94. The van der Waals surface area contributed by atoms with Crippen molar-refractivity contribution >= 4 is 22.5 Å². The molecule has 0 radical (unpaired) electrons. The summed E-state index contributed by atoms with van der Waals surface area (Å²) in [6.45, 7) is 7.11. The van der Waals surface area contributed by atoms with Crippen molar-refractivity contribution in [2.24, 2.45) is 5.92 Å². The summed E-state index contributed by atoms with van der Waals surface area (Å²) >= 11 is 0. The second-order valence-corrected chi connectivity index (χ2v) is 6.69. The first kappa shape index (κ1) is 17.5. The molecule has 2 aromatic rings. The lowest BCUT2D eigenvalue weighted by atomic mass is 9.96. The van der Waals surface area contributed by atoms with Crippen molar-refractivity contribution in [3.05, 3.63) is 30.5 Å². The van der Waals surface area contributed by atoms with Crippen molar-refractivity contribution in [1.29, 1.82) is 0 Å². The van der Waals surface area contributed by atoms with Gasteiger partial charge in [0.2, 0.25) is 5.91 Å². The van der Waals surface area contributed by atoms with E-state index in [0.717, 1.165) is 61.2 Å². The number of rotatable bonds is 6. The van der Waals surface area contributed by atoms with Gasteiger partial charge in [-0.3, -0.25) is 9.78 Å². The molecule has 0 atom stereocenters. The Morgan fingerprint density at radius 2 is 2.12 bits per heavy atom. The number of hydrogen-bond acceptors (Lipinski definition) is 4. The summed E-state index contributed by atoms with van der Waals surface area (Å²) in [7, 11) is 0. The topological polar surface area (TPSA) is 54.5 Å². The first-order chi connectivity index (χ1) is 12.2. The van der Waals surface area contributed by atoms with Crippen LogP contribution in [-0.4, -0.2) is 42.0 Å². The number of amides is 1. The number of anilines is 1. The van der Waals surface area contributed by atoms with Gasteiger partial charge in [-0.05, 0) is 37.3 Å². The van der Waals surface area contributed by atoms with Crippen molar-refractivity contribution in [2.75, 3.05) is 31.6 Å². The standard InChI is InChI=1S/C20H27N3O2/c1-3-13-25-19-6-4-5-17-18(7-10-21-20(17)19)22-14-16-8-11-23(12-9-16)15(2)24/h4-7,10,16H,3,8-9,11-14H2,1-2H3,(H,21,22). The summed E-state index contributed by atoms with van der Waals surface area (Å²) in [5, 5.41) is 4.68. The lowest BCUT2D eigenvalue weighted by molar-refractivity contribution is -0.130. The van der Waals surface area contributed by atoms with E-state index in [1.54, 1.807) is 6.92 Å². The van der Waals surface area contributed by atoms with Crippen LogP contribution in [0, 0.1) is 5.92 Å². The monoisotopic (exact) mass is 341 g/mol. The molecule has 3 rings (SSSR count). The Bertz CT molecular complexity index is 724. The molecule has 0 spiro atoms. The highest BCUT2D eigenvalue weighted by Crippen LogP contribution is 2.29. The predicted molar refractivity (Wildman–Crippen MR) is 101 cm³/mol. The van der Waals surface area contributed by atoms with Gasteiger partial charge in [-0.1, -0.05) is 19.1 Å². The normalized spacial score (nSPS) is 15.4. The number of piperidine rings is 1. The molecule has 1 N–H and O–H groups in total. The minimum Gasteiger partial charge on any atom is -0.491 e. The van der Waals surface area contributed by atoms with Crippen LogP contribution in [0.4, 0.5) is 5.69 Å². The Morgan fingerprint density at radius 1 is 1.32 bits per heavy atom. The molecule has 25 heavy (non-hydrogen) atoms. The smallest absolute Gasteiger partial charge is 0.219 e. The largest absolute Gasteiger partial charge is 0.491 e. The van der Waals surface area contributed by atoms with Gasteiger partial charge in [-0.2, -0.15) is 0 Å². The molecule has 2 heterocycles. The van der Waals surface area contributed by atoms with Gasteiger partial charge < -0.3 is 15.0 Å². The molecule has 1 fully saturated rings. The zero-order valence-electron chi connectivity index (χ0n) is 15.1. The molecule has 5 nitrogen and oxygen atoms in total. The summed E-state index contributed by atoms with van der Waals surface area (Å²) in [5.41, 5.74) is 2.01. The molecule has 0 bridgehead atoms. The predicted octanol–water partition coefficient (Wildman–Crippen LogP) is 3.69. The van der Waals surface area contributed by atoms with Crippen molar-refractivity contribution < 1.29 is 9.53 Å². The average Bonchev–Trinajstić information content (AvgIpc) is 2.65. The molecule has 1 aliphatic heterocycles. The minimum atomic E-state index is 0.186. The van der Waals surface area contributed by atoms with Gasteiger partial charge in [0.1, 0.15) is 11.3 Å². The van der Waals surface area contributed by atoms with E-state index in [1.807, 2.05) is 29.3 Å². The lowest BCUT2D eigenvalue weighted by Gasteiger charge is -2.31. The number of fused-ring (bicyclic) bond motifs is 1. The van der Waals surface area contributed by atoms with E-state index < -0.39 is 0 Å². The number of nitrogens with one attached hydrogen (secondary N) is 1. The van der Waals surface area contributed by atoms with Crippen LogP contribution < -0.4 is 10.1 Å². The third-order valence-corrected chi connectivity index (χ3v) is 4.84. The van der Waals surface area contributed by atoms with E-state index in [-0.39, 0.29) is 5.91 Å². The molecule has 1 aromatic carbocycles. The van der Waals surface area contributed by atoms with E-state index in [4.69, 9.17) is 4.74 Å². The van der Waals surface area contributed by atoms with Crippen molar-refractivity contribution in [3.63, 3.8) is 0 Å². The summed E-state index contributed by atoms with van der Waals surface area (Å²) < 4.78 is 5.82. The summed E-state index contributed by atoms with van der Waals surface area (Å²) in [5.74, 6) is 1.63. The number of likely N-dealkylation sites (tertiary alicyclic amines) is 1. The number of nitrogens with zero attached hydrogens (tertiary/aromatic N) is 2. The number of pyridine rings is 1. The number of benzene rings is 1. The minimum absolute atomic E-state index is 0.186. The van der Waals surface area contributed by atoms with Crippen LogP contribution >= 0.6 is 0 Å². The molecule has 1 aromatic heterocycles. The van der Waals surface area contributed by atoms with Gasteiger partial charge in [0, 0.05) is 43.8 Å². The lowest BCUT2D eigenvalue weighted by Crippen LogP contribution is -2.38. The third-order valence-electron chi connectivity index (χ3n) is 4.84. The van der Waals surface area contributed by atoms with Crippen LogP contribution in [0.2, 0.25) is 0 Å². The molecule has 0 unspecified atom stereocenters. The Kier molecular flexibility index (Phi) is 5.74. The Balaban J connectivity index is 1.67. The molecule has 1 amide bonds. The number of carbonyl (C=O) groups is 1. The Hall–Kier alpha value is -2.30. The van der Waals surface area contributed by atoms with E-state index in [2.05, 4.69) is 23.3 Å². The first-order valence-electron chi connectivity index (χ1n) is 9.19. The van der Waals surface area contributed by atoms with Gasteiger partial charge in [0.25, 0.3) is 0 Å². The fourth-order valence-corrected chi connectivity index (χ4v) is 3.34. The van der Waals surface area contributed by atoms with Gasteiger partial charge in [0.05, 0.1) is 6.61 Å². The van der Waals surface area contributed by atoms with E-state index in [9.17, 15) is 4.79 Å². The van der Waals surface area contributed by atoms with Crippen LogP contribution in [0.15, 0.2) is 30.5 Å². The summed E-state index contributed by atoms with van der Waals surface area (Å²) in [6, 6.07) is 8.11. The van der Waals surface area contributed by atoms with Crippen molar-refractivity contribution in [3.8, 4) is 5.75 Å². The molecule has 0 saturated carbocycles. The maximum absolute atomic E-state index is 11.4. The molecular formula is C20H27N3O2. The zero-order valence-corrected chi connectivity index (χ0v) is 15.1. The van der Waals surface area contributed by atoms with E-state index >= 15 is 0 Å². The summed E-state index contributed by atoms with van der Waals surface area (Å²) in [6.07, 6.45) is 4.93. The van der Waals surface area contributed by atoms with Gasteiger partial charge >= 0.3 is 0 Å². The number of carbonyl (C=O) groups excluding carboxylic acids is 1. The quantitative estimate of drug-likeness (QED) is 0.870. The van der Waals surface area contributed by atoms with Crippen LogP contribution in [0.3, 0.4) is 0 Å². The second-order valence-electron chi connectivity index (χ2n) is 6.69. The fourth-order valence-electron chi connectivity index (χ4n) is 3.34. The summed E-state index contributed by atoms with van der Waals surface area (Å²) in [4.78, 5) is 17.9. The second kappa shape index (κ2) is 8.19. The number of ether oxygens (including phenoxy) is 1. The third kappa shape index (κ3) is 4.21. The number of para-hydroxylation sites is 1. The van der Waals surface area contributed by atoms with Crippen LogP contribution in [0.1, 0.15) is 33.1 Å². The number of hydrogen-bond donors (Lipinski definition) is 1. The molecule has 0 aliphatic carbocycles. The SMILES string of the molecule is CCCOc1cccc2c(NCC3CCN(C(C)=O)CC3)ccnc12. The molecular weight excluding hydrogens is 314 g/mol. The Labute approximate surface area is 149 Å². The van der Waals surface area contributed by atoms with Crippen molar-refractivity contribution in [1.82, 2.24) is 9.88 Å². The molecule has 1 aliphatic rings. The zero-order chi connectivity index (χ0) is 17.6. The number of aromatic nitrogens is 1. The van der Waals surface area contributed by atoms with Crippen LogP contribution in [0.5, 0.6) is 5.75 Å². The fraction of sp³-hybridized carbons (Fsp3) is 0.500. The average molecular weight is 341 g/mol. The Morgan fingerprint density at radius 3 is 2.84 bits per heavy atom. The van der Waals surface area contributed by atoms with Gasteiger partial charge in [-0.15, -0.1) is 0 Å². The van der Waals surface area contributed by atoms with Gasteiger partial charge in [-0.25, -0.2) is 0 Å². The molecule has 5 heteroatoms. The van der Waals surface area contributed by atoms with Crippen LogP contribution in [0.25, 0.3) is 10.9 Å². The van der Waals surface area contributed by atoms with Gasteiger partial charge in [0.15, 0.2) is 0 Å².